The highest BCUT2D eigenvalue weighted by Crippen LogP contribution is 2.32. The molecule has 0 saturated carbocycles. The Kier molecular flexibility index (Phi) is 3.75. The van der Waals surface area contributed by atoms with Crippen molar-refractivity contribution in [3.8, 4) is 0 Å². The summed E-state index contributed by atoms with van der Waals surface area (Å²) in [5, 5.41) is 12.9. The number of carboxylic acid groups (broad SMARTS) is 1. The van der Waals surface area contributed by atoms with Crippen molar-refractivity contribution in [2.45, 2.75) is 0 Å². The standard InChI is InChI=1S/C13H9Cl2NO2/c14-10-5-2-6-11(15)12(10)16-9-4-1-3-8(7-9)13(17)18/h1-7,16H,(H,17,18). The number of benzene rings is 2. The van der Waals surface area contributed by atoms with Crippen LogP contribution in [0.2, 0.25) is 10.0 Å². The van der Waals surface area contributed by atoms with Crippen molar-refractivity contribution in [1.82, 2.24) is 0 Å². The zero-order chi connectivity index (χ0) is 13.1. The van der Waals surface area contributed by atoms with Crippen LogP contribution in [0.4, 0.5) is 11.4 Å². The molecule has 0 aliphatic rings. The number of aromatic carboxylic acids is 1. The quantitative estimate of drug-likeness (QED) is 0.875. The van der Waals surface area contributed by atoms with E-state index in [4.69, 9.17) is 28.3 Å². The Balaban J connectivity index is 2.34. The molecule has 3 nitrogen and oxygen atoms in total. The summed E-state index contributed by atoms with van der Waals surface area (Å²) in [5.41, 5.74) is 1.37. The van der Waals surface area contributed by atoms with Crippen molar-refractivity contribution < 1.29 is 9.90 Å². The van der Waals surface area contributed by atoms with Crippen LogP contribution in [0.15, 0.2) is 42.5 Å². The SMILES string of the molecule is O=C(O)c1cccc(Nc2c(Cl)cccc2Cl)c1. The van der Waals surface area contributed by atoms with E-state index in [0.717, 1.165) is 0 Å². The molecule has 0 spiro atoms. The number of anilines is 2. The maximum absolute atomic E-state index is 10.9. The molecule has 0 aromatic heterocycles. The van der Waals surface area contributed by atoms with E-state index >= 15 is 0 Å². The van der Waals surface area contributed by atoms with Gasteiger partial charge in [0.05, 0.1) is 21.3 Å². The highest BCUT2D eigenvalue weighted by Gasteiger charge is 2.07. The average Bonchev–Trinajstić information content (AvgIpc) is 2.34. The van der Waals surface area contributed by atoms with Gasteiger partial charge in [0.2, 0.25) is 0 Å². The van der Waals surface area contributed by atoms with Gasteiger partial charge in [0.1, 0.15) is 0 Å². The van der Waals surface area contributed by atoms with Crippen LogP contribution in [0.5, 0.6) is 0 Å². The van der Waals surface area contributed by atoms with Gasteiger partial charge in [-0.15, -0.1) is 0 Å². The fourth-order valence-electron chi connectivity index (χ4n) is 1.49. The monoisotopic (exact) mass is 281 g/mol. The number of rotatable bonds is 3. The molecule has 0 bridgehead atoms. The van der Waals surface area contributed by atoms with Gasteiger partial charge >= 0.3 is 5.97 Å². The van der Waals surface area contributed by atoms with Crippen LogP contribution in [0.25, 0.3) is 0 Å². The molecule has 0 saturated heterocycles. The number of nitrogens with one attached hydrogen (secondary N) is 1. The van der Waals surface area contributed by atoms with Crippen LogP contribution in [0.3, 0.4) is 0 Å². The molecular formula is C13H9Cl2NO2. The van der Waals surface area contributed by atoms with E-state index < -0.39 is 5.97 Å². The molecule has 2 rings (SSSR count). The minimum atomic E-state index is -0.982. The number of carboxylic acids is 1. The predicted molar refractivity (Wildman–Crippen MR) is 73.1 cm³/mol. The van der Waals surface area contributed by atoms with E-state index in [9.17, 15) is 4.79 Å². The Labute approximate surface area is 114 Å². The first-order valence-electron chi connectivity index (χ1n) is 5.12. The molecule has 0 heterocycles. The van der Waals surface area contributed by atoms with E-state index in [-0.39, 0.29) is 5.56 Å². The summed E-state index contributed by atoms with van der Waals surface area (Å²) in [6, 6.07) is 11.6. The maximum atomic E-state index is 10.9. The lowest BCUT2D eigenvalue weighted by Crippen LogP contribution is -1.98. The van der Waals surface area contributed by atoms with Crippen molar-refractivity contribution in [3.05, 3.63) is 58.1 Å². The van der Waals surface area contributed by atoms with Crippen LogP contribution in [-0.4, -0.2) is 11.1 Å². The topological polar surface area (TPSA) is 49.3 Å². The van der Waals surface area contributed by atoms with Crippen molar-refractivity contribution in [3.63, 3.8) is 0 Å². The van der Waals surface area contributed by atoms with Crippen molar-refractivity contribution >= 4 is 40.5 Å². The third-order valence-corrected chi connectivity index (χ3v) is 2.97. The fraction of sp³-hybridized carbons (Fsp3) is 0. The lowest BCUT2D eigenvalue weighted by molar-refractivity contribution is 0.0697. The first kappa shape index (κ1) is 12.7. The predicted octanol–water partition coefficient (Wildman–Crippen LogP) is 4.44. The van der Waals surface area contributed by atoms with Gasteiger partial charge in [-0.25, -0.2) is 4.79 Å². The molecule has 2 N–H and O–H groups in total. The number of hydrogen-bond acceptors (Lipinski definition) is 2. The molecule has 0 amide bonds. The molecule has 0 aliphatic heterocycles. The summed E-state index contributed by atoms with van der Waals surface area (Å²) in [7, 11) is 0. The molecule has 18 heavy (non-hydrogen) atoms. The third kappa shape index (κ3) is 2.75. The molecule has 2 aromatic carbocycles. The molecule has 5 heteroatoms. The Morgan fingerprint density at radius 2 is 1.67 bits per heavy atom. The average molecular weight is 282 g/mol. The molecule has 0 aliphatic carbocycles. The Morgan fingerprint density at radius 1 is 1.06 bits per heavy atom. The Morgan fingerprint density at radius 3 is 2.28 bits per heavy atom. The van der Waals surface area contributed by atoms with Crippen molar-refractivity contribution in [2.75, 3.05) is 5.32 Å². The van der Waals surface area contributed by atoms with Gasteiger partial charge < -0.3 is 10.4 Å². The highest BCUT2D eigenvalue weighted by atomic mass is 35.5. The Bertz CT molecular complexity index is 579. The highest BCUT2D eigenvalue weighted by molar-refractivity contribution is 6.39. The van der Waals surface area contributed by atoms with Gasteiger partial charge in [-0.1, -0.05) is 35.3 Å². The molecule has 0 unspecified atom stereocenters. The number of hydrogen-bond donors (Lipinski definition) is 2. The summed E-state index contributed by atoms with van der Waals surface area (Å²) >= 11 is 12.0. The summed E-state index contributed by atoms with van der Waals surface area (Å²) in [5.74, 6) is -0.982. The summed E-state index contributed by atoms with van der Waals surface area (Å²) in [6.07, 6.45) is 0. The zero-order valence-corrected chi connectivity index (χ0v) is 10.7. The second kappa shape index (κ2) is 5.29. The van der Waals surface area contributed by atoms with Gasteiger partial charge in [0.25, 0.3) is 0 Å². The van der Waals surface area contributed by atoms with Crippen LogP contribution >= 0.6 is 23.2 Å². The third-order valence-electron chi connectivity index (χ3n) is 2.34. The lowest BCUT2D eigenvalue weighted by atomic mass is 10.2. The van der Waals surface area contributed by atoms with E-state index in [1.165, 1.54) is 12.1 Å². The normalized spacial score (nSPS) is 10.1. The summed E-state index contributed by atoms with van der Waals surface area (Å²) < 4.78 is 0. The van der Waals surface area contributed by atoms with Crippen molar-refractivity contribution in [2.24, 2.45) is 0 Å². The maximum Gasteiger partial charge on any atom is 0.335 e. The van der Waals surface area contributed by atoms with Gasteiger partial charge in [0.15, 0.2) is 0 Å². The first-order valence-corrected chi connectivity index (χ1v) is 5.88. The van der Waals surface area contributed by atoms with Gasteiger partial charge in [0, 0.05) is 5.69 Å². The summed E-state index contributed by atoms with van der Waals surface area (Å²) in [6.45, 7) is 0. The van der Waals surface area contributed by atoms with Crippen LogP contribution in [-0.2, 0) is 0 Å². The minimum Gasteiger partial charge on any atom is -0.478 e. The molecule has 0 radical (unpaired) electrons. The van der Waals surface area contributed by atoms with Gasteiger partial charge in [-0.3, -0.25) is 0 Å². The minimum absolute atomic E-state index is 0.197. The second-order valence-corrected chi connectivity index (χ2v) is 4.42. The molecular weight excluding hydrogens is 273 g/mol. The molecule has 2 aromatic rings. The number of halogens is 2. The molecule has 0 atom stereocenters. The fourth-order valence-corrected chi connectivity index (χ4v) is 1.98. The zero-order valence-electron chi connectivity index (χ0n) is 9.15. The van der Waals surface area contributed by atoms with E-state index in [1.54, 1.807) is 30.3 Å². The van der Waals surface area contributed by atoms with Crippen molar-refractivity contribution in [1.29, 1.82) is 0 Å². The largest absolute Gasteiger partial charge is 0.478 e. The smallest absolute Gasteiger partial charge is 0.335 e. The summed E-state index contributed by atoms with van der Waals surface area (Å²) in [4.78, 5) is 10.9. The van der Waals surface area contributed by atoms with Gasteiger partial charge in [-0.2, -0.15) is 0 Å². The Hall–Kier alpha value is -1.71. The first-order chi connectivity index (χ1) is 8.58. The van der Waals surface area contributed by atoms with Crippen LogP contribution in [0, 0.1) is 0 Å². The molecule has 92 valence electrons. The van der Waals surface area contributed by atoms with Crippen LogP contribution in [0.1, 0.15) is 10.4 Å². The second-order valence-electron chi connectivity index (χ2n) is 3.61. The van der Waals surface area contributed by atoms with E-state index in [2.05, 4.69) is 5.32 Å². The number of para-hydroxylation sites is 1. The number of carbonyl (C=O) groups is 1. The van der Waals surface area contributed by atoms with E-state index in [0.29, 0.717) is 21.4 Å². The lowest BCUT2D eigenvalue weighted by Gasteiger charge is -2.10. The van der Waals surface area contributed by atoms with E-state index in [1.807, 2.05) is 0 Å². The molecule has 0 fully saturated rings. The van der Waals surface area contributed by atoms with Crippen LogP contribution < -0.4 is 5.32 Å². The van der Waals surface area contributed by atoms with Gasteiger partial charge in [-0.05, 0) is 30.3 Å².